The second-order valence-corrected chi connectivity index (χ2v) is 14.8. The molecular formula is C45H75O8P. The van der Waals surface area contributed by atoms with Crippen LogP contribution in [0.4, 0.5) is 0 Å². The van der Waals surface area contributed by atoms with Crippen LogP contribution in [-0.2, 0) is 28.2 Å². The first-order chi connectivity index (χ1) is 26.3. The normalized spacial score (nSPS) is 13.3. The van der Waals surface area contributed by atoms with Crippen molar-refractivity contribution in [2.24, 2.45) is 0 Å². The number of ether oxygens (including phenoxy) is 2. The van der Waals surface area contributed by atoms with Crippen molar-refractivity contribution in [3.63, 3.8) is 0 Å². The van der Waals surface area contributed by atoms with Crippen molar-refractivity contribution < 1.29 is 37.9 Å². The van der Waals surface area contributed by atoms with Gasteiger partial charge in [0.15, 0.2) is 6.10 Å². The summed E-state index contributed by atoms with van der Waals surface area (Å²) in [5, 5.41) is 0. The average Bonchev–Trinajstić information content (AvgIpc) is 3.14. The van der Waals surface area contributed by atoms with Crippen molar-refractivity contribution in [3.8, 4) is 0 Å². The van der Waals surface area contributed by atoms with E-state index in [1.54, 1.807) is 0 Å². The molecule has 9 heteroatoms. The van der Waals surface area contributed by atoms with Crippen molar-refractivity contribution in [2.45, 2.75) is 174 Å². The Labute approximate surface area is 329 Å². The molecule has 1 atom stereocenters. The van der Waals surface area contributed by atoms with Crippen LogP contribution in [0.15, 0.2) is 85.1 Å². The van der Waals surface area contributed by atoms with Gasteiger partial charge in [-0.05, 0) is 96.3 Å². The van der Waals surface area contributed by atoms with Crippen LogP contribution in [0.2, 0.25) is 0 Å². The Bertz CT molecular complexity index is 1140. The van der Waals surface area contributed by atoms with Crippen LogP contribution in [0.1, 0.15) is 168 Å². The summed E-state index contributed by atoms with van der Waals surface area (Å²) in [4.78, 5) is 42.8. The molecule has 0 fully saturated rings. The Morgan fingerprint density at radius 2 is 0.833 bits per heavy atom. The smallest absolute Gasteiger partial charge is 0.462 e. The molecular weight excluding hydrogens is 699 g/mol. The maximum Gasteiger partial charge on any atom is 0.469 e. The van der Waals surface area contributed by atoms with Crippen molar-refractivity contribution >= 4 is 19.8 Å². The third kappa shape index (κ3) is 42.0. The van der Waals surface area contributed by atoms with Crippen molar-refractivity contribution in [3.05, 3.63) is 85.1 Å². The average molecular weight is 775 g/mol. The molecule has 2 N–H and O–H groups in total. The van der Waals surface area contributed by atoms with Gasteiger partial charge in [0.1, 0.15) is 6.61 Å². The van der Waals surface area contributed by atoms with Crippen LogP contribution >= 0.6 is 7.82 Å². The van der Waals surface area contributed by atoms with E-state index in [1.807, 2.05) is 0 Å². The number of phosphoric acid groups is 1. The van der Waals surface area contributed by atoms with Crippen molar-refractivity contribution in [2.75, 3.05) is 13.2 Å². The molecule has 308 valence electrons. The number of carbonyl (C=O) groups excluding carboxylic acids is 2. The minimum atomic E-state index is -4.77. The second kappa shape index (κ2) is 39.9. The van der Waals surface area contributed by atoms with Crippen LogP contribution in [-0.4, -0.2) is 41.0 Å². The third-order valence-electron chi connectivity index (χ3n) is 8.39. The first-order valence-corrected chi connectivity index (χ1v) is 22.4. The quantitative estimate of drug-likeness (QED) is 0.0277. The highest BCUT2D eigenvalue weighted by Gasteiger charge is 2.22. The van der Waals surface area contributed by atoms with Gasteiger partial charge in [-0.2, -0.15) is 0 Å². The number of rotatable bonds is 37. The van der Waals surface area contributed by atoms with E-state index >= 15 is 0 Å². The van der Waals surface area contributed by atoms with Gasteiger partial charge in [0, 0.05) is 12.8 Å². The molecule has 0 aromatic carbocycles. The lowest BCUT2D eigenvalue weighted by Gasteiger charge is -2.18. The maximum absolute atomic E-state index is 12.4. The fourth-order valence-electron chi connectivity index (χ4n) is 5.24. The van der Waals surface area contributed by atoms with Crippen LogP contribution in [0.5, 0.6) is 0 Å². The van der Waals surface area contributed by atoms with Crippen LogP contribution in [0.3, 0.4) is 0 Å². The molecule has 0 amide bonds. The first-order valence-electron chi connectivity index (χ1n) is 20.9. The van der Waals surface area contributed by atoms with Crippen molar-refractivity contribution in [1.29, 1.82) is 0 Å². The largest absolute Gasteiger partial charge is 0.469 e. The molecule has 0 spiro atoms. The highest BCUT2D eigenvalue weighted by Crippen LogP contribution is 2.36. The molecule has 0 aliphatic carbocycles. The molecule has 0 radical (unpaired) electrons. The van der Waals surface area contributed by atoms with Crippen LogP contribution < -0.4 is 0 Å². The van der Waals surface area contributed by atoms with E-state index in [9.17, 15) is 14.2 Å². The van der Waals surface area contributed by atoms with Crippen LogP contribution in [0.25, 0.3) is 0 Å². The molecule has 0 bridgehead atoms. The highest BCUT2D eigenvalue weighted by atomic mass is 31.2. The van der Waals surface area contributed by atoms with Gasteiger partial charge >= 0.3 is 19.8 Å². The Morgan fingerprint density at radius 1 is 0.481 bits per heavy atom. The zero-order valence-corrected chi connectivity index (χ0v) is 34.7. The number of esters is 2. The molecule has 0 aliphatic heterocycles. The molecule has 0 aromatic rings. The summed E-state index contributed by atoms with van der Waals surface area (Å²) in [5.74, 6) is -0.954. The topological polar surface area (TPSA) is 119 Å². The molecule has 0 rings (SSSR count). The molecule has 0 heterocycles. The number of unbranched alkanes of at least 4 members (excludes halogenated alkanes) is 13. The summed E-state index contributed by atoms with van der Waals surface area (Å²) < 4.78 is 26.3. The van der Waals surface area contributed by atoms with Crippen molar-refractivity contribution in [1.82, 2.24) is 0 Å². The van der Waals surface area contributed by atoms with E-state index in [-0.39, 0.29) is 19.4 Å². The Hall–Kier alpha value is -2.77. The fourth-order valence-corrected chi connectivity index (χ4v) is 5.60. The molecule has 8 nitrogen and oxygen atoms in total. The Kier molecular flexibility index (Phi) is 37.9. The van der Waals surface area contributed by atoms with Gasteiger partial charge < -0.3 is 19.3 Å². The summed E-state index contributed by atoms with van der Waals surface area (Å²) >= 11 is 0. The summed E-state index contributed by atoms with van der Waals surface area (Å²) in [6, 6.07) is 0. The standard InChI is InChI=1S/C45H75O8P/c1-3-5-7-9-11-13-15-17-19-21-22-24-25-27-29-31-33-35-37-39-44(46)51-41-43(42-52-54(48,49)50)53-45(47)40-38-36-34-32-30-28-26-23-20-18-16-14-12-10-8-6-4-2/h11-14,17-20,22,24,26-29,43H,3-10,15-16,21,23,25,30-42H2,1-2H3,(H2,48,49,50)/b13-11+,14-12+,19-17+,20-18+,24-22+,28-26+,29-27+/t43-/m1/s1. The lowest BCUT2D eigenvalue weighted by molar-refractivity contribution is -0.161. The van der Waals surface area contributed by atoms with Gasteiger partial charge in [0.05, 0.1) is 6.61 Å². The number of phosphoric ester groups is 1. The second-order valence-electron chi connectivity index (χ2n) is 13.6. The van der Waals surface area contributed by atoms with E-state index in [0.29, 0.717) is 12.8 Å². The predicted molar refractivity (Wildman–Crippen MR) is 225 cm³/mol. The molecule has 0 aliphatic rings. The van der Waals surface area contributed by atoms with Gasteiger partial charge in [0.25, 0.3) is 0 Å². The monoisotopic (exact) mass is 775 g/mol. The van der Waals surface area contributed by atoms with Gasteiger partial charge in [-0.25, -0.2) is 4.57 Å². The Morgan fingerprint density at radius 3 is 1.24 bits per heavy atom. The van der Waals surface area contributed by atoms with Gasteiger partial charge in [0.2, 0.25) is 0 Å². The third-order valence-corrected chi connectivity index (χ3v) is 8.87. The SMILES string of the molecule is CCCCC/C=C/C/C=C/C/C=C/C/C=C/CCCCCC(=O)OC[C@H](COP(=O)(O)O)OC(=O)CCCCCC/C=C/C/C=C/C/C=C/CCCCC. The minimum Gasteiger partial charge on any atom is -0.462 e. The zero-order chi connectivity index (χ0) is 39.6. The van der Waals surface area contributed by atoms with Gasteiger partial charge in [-0.3, -0.25) is 14.1 Å². The van der Waals surface area contributed by atoms with Crippen LogP contribution in [0, 0.1) is 0 Å². The molecule has 0 saturated heterocycles. The lowest BCUT2D eigenvalue weighted by Crippen LogP contribution is -2.29. The van der Waals surface area contributed by atoms with E-state index in [1.165, 1.54) is 51.4 Å². The molecule has 0 saturated carbocycles. The van der Waals surface area contributed by atoms with Gasteiger partial charge in [-0.1, -0.05) is 144 Å². The number of allylic oxidation sites excluding steroid dienone is 14. The number of hydrogen-bond donors (Lipinski definition) is 2. The van der Waals surface area contributed by atoms with E-state index in [4.69, 9.17) is 19.3 Å². The number of hydrogen-bond acceptors (Lipinski definition) is 6. The van der Waals surface area contributed by atoms with E-state index in [2.05, 4.69) is 103 Å². The van der Waals surface area contributed by atoms with Gasteiger partial charge in [-0.15, -0.1) is 0 Å². The minimum absolute atomic E-state index is 0.174. The summed E-state index contributed by atoms with van der Waals surface area (Å²) in [7, 11) is -4.77. The Balaban J connectivity index is 4.06. The molecule has 0 unspecified atom stereocenters. The maximum atomic E-state index is 12.4. The first kappa shape index (κ1) is 51.2. The summed E-state index contributed by atoms with van der Waals surface area (Å²) in [5.41, 5.74) is 0. The predicted octanol–water partition coefficient (Wildman–Crippen LogP) is 12.8. The van der Waals surface area contributed by atoms with E-state index < -0.39 is 32.5 Å². The zero-order valence-electron chi connectivity index (χ0n) is 33.8. The molecule has 54 heavy (non-hydrogen) atoms. The number of carbonyl (C=O) groups is 2. The highest BCUT2D eigenvalue weighted by molar-refractivity contribution is 7.46. The summed E-state index contributed by atoms with van der Waals surface area (Å²) in [6.07, 6.45) is 53.0. The molecule has 0 aromatic heterocycles. The van der Waals surface area contributed by atoms with E-state index in [0.717, 1.165) is 77.0 Å². The fraction of sp³-hybridized carbons (Fsp3) is 0.644. The lowest BCUT2D eigenvalue weighted by atomic mass is 10.1. The summed E-state index contributed by atoms with van der Waals surface area (Å²) in [6.45, 7) is 3.57.